The molecule has 0 saturated carbocycles. The number of aromatic amines is 1. The summed E-state index contributed by atoms with van der Waals surface area (Å²) in [5, 5.41) is 7.71. The SMILES string of the molecule is CC(C)(C)OC(=O)n1cc(-c2cncc(CNc3ccc4c(c3)Sc3cccc(-c5cc(N6CCOCC6)cc(=O)[nH]5)c3S4)c2)cn1. The molecule has 47 heavy (non-hydrogen) atoms. The van der Waals surface area contributed by atoms with E-state index in [4.69, 9.17) is 9.47 Å². The summed E-state index contributed by atoms with van der Waals surface area (Å²) < 4.78 is 12.1. The van der Waals surface area contributed by atoms with Gasteiger partial charge in [0.25, 0.3) is 0 Å². The van der Waals surface area contributed by atoms with Crippen molar-refractivity contribution < 1.29 is 14.3 Å². The van der Waals surface area contributed by atoms with Crippen molar-refractivity contribution in [3.63, 3.8) is 0 Å². The molecule has 2 aliphatic heterocycles. The lowest BCUT2D eigenvalue weighted by atomic mass is 10.1. The maximum atomic E-state index is 12.7. The maximum Gasteiger partial charge on any atom is 0.435 e. The van der Waals surface area contributed by atoms with Gasteiger partial charge in [-0.2, -0.15) is 9.78 Å². The number of H-pyrrole nitrogens is 1. The average Bonchev–Trinajstić information content (AvgIpc) is 3.57. The molecule has 0 bridgehead atoms. The van der Waals surface area contributed by atoms with Crippen molar-refractivity contribution in [2.45, 2.75) is 52.5 Å². The lowest BCUT2D eigenvalue weighted by Gasteiger charge is -2.29. The number of carbonyl (C=O) groups is 1. The van der Waals surface area contributed by atoms with Gasteiger partial charge in [-0.05, 0) is 62.7 Å². The molecule has 240 valence electrons. The number of nitrogens with zero attached hydrogens (tertiary/aromatic N) is 4. The summed E-state index contributed by atoms with van der Waals surface area (Å²) in [6.07, 6.45) is 6.35. The number of rotatable bonds is 6. The van der Waals surface area contributed by atoms with Crippen molar-refractivity contribution in [2.24, 2.45) is 0 Å². The molecule has 0 amide bonds. The van der Waals surface area contributed by atoms with Gasteiger partial charge in [-0.25, -0.2) is 4.79 Å². The van der Waals surface area contributed by atoms with Crippen molar-refractivity contribution in [3.05, 3.63) is 95.3 Å². The van der Waals surface area contributed by atoms with E-state index in [9.17, 15) is 9.59 Å². The summed E-state index contributed by atoms with van der Waals surface area (Å²) in [6.45, 7) is 8.91. The summed E-state index contributed by atoms with van der Waals surface area (Å²) >= 11 is 3.46. The van der Waals surface area contributed by atoms with Gasteiger partial charge in [0.2, 0.25) is 5.56 Å². The van der Waals surface area contributed by atoms with Gasteiger partial charge in [0.1, 0.15) is 5.60 Å². The van der Waals surface area contributed by atoms with Crippen LogP contribution in [0.15, 0.2) is 104 Å². The minimum Gasteiger partial charge on any atom is -0.442 e. The standard InChI is InChI=1S/C35H34N6O4S2/c1-35(2,3)45-34(43)41-21-24(20-38-41)23-13-22(17-36-19-23)18-37-25-7-8-29-31(14-25)46-30-6-4-5-27(33(30)47-29)28-15-26(16-32(42)39-28)40-9-11-44-12-10-40/h4-8,13-17,19-21,37H,9-12,18H2,1-3H3,(H,39,42). The number of anilines is 2. The van der Waals surface area contributed by atoms with E-state index in [1.807, 2.05) is 39.1 Å². The van der Waals surface area contributed by atoms with E-state index < -0.39 is 11.7 Å². The lowest BCUT2D eigenvalue weighted by molar-refractivity contribution is 0.0514. The molecule has 5 aromatic rings. The summed E-state index contributed by atoms with van der Waals surface area (Å²) in [4.78, 5) is 39.4. The number of benzene rings is 2. The van der Waals surface area contributed by atoms with Gasteiger partial charge in [-0.3, -0.25) is 9.78 Å². The first-order valence-corrected chi connectivity index (χ1v) is 17.0. The van der Waals surface area contributed by atoms with Crippen LogP contribution in [-0.4, -0.2) is 57.7 Å². The molecule has 10 nitrogen and oxygen atoms in total. The van der Waals surface area contributed by atoms with Crippen LogP contribution in [-0.2, 0) is 16.0 Å². The normalized spacial score (nSPS) is 14.3. The highest BCUT2D eigenvalue weighted by atomic mass is 32.2. The molecule has 7 rings (SSSR count). The van der Waals surface area contributed by atoms with Gasteiger partial charge in [0, 0.05) is 91.9 Å². The molecule has 0 radical (unpaired) electrons. The number of carbonyl (C=O) groups excluding carboxylic acids is 1. The zero-order valence-corrected chi connectivity index (χ0v) is 27.9. The number of nitrogens with one attached hydrogen (secondary N) is 2. The Balaban J connectivity index is 1.05. The average molecular weight is 667 g/mol. The first-order valence-electron chi connectivity index (χ1n) is 15.3. The fourth-order valence-electron chi connectivity index (χ4n) is 5.43. The molecule has 2 aliphatic rings. The number of morpholine rings is 1. The van der Waals surface area contributed by atoms with Gasteiger partial charge in [0.15, 0.2) is 0 Å². The molecular weight excluding hydrogens is 633 g/mol. The molecule has 2 N–H and O–H groups in total. The van der Waals surface area contributed by atoms with Crippen molar-refractivity contribution in [1.29, 1.82) is 0 Å². The summed E-state index contributed by atoms with van der Waals surface area (Å²) in [6, 6.07) is 18.4. The van der Waals surface area contributed by atoms with Crippen molar-refractivity contribution >= 4 is 41.0 Å². The minimum absolute atomic E-state index is 0.109. The molecule has 12 heteroatoms. The molecule has 2 aromatic carbocycles. The van der Waals surface area contributed by atoms with Crippen LogP contribution in [0.1, 0.15) is 26.3 Å². The molecule has 1 saturated heterocycles. The number of ether oxygens (including phenoxy) is 2. The topological polar surface area (TPSA) is 114 Å². The van der Waals surface area contributed by atoms with Gasteiger partial charge >= 0.3 is 6.09 Å². The van der Waals surface area contributed by atoms with Crippen LogP contribution in [0, 0.1) is 0 Å². The Morgan fingerprint density at radius 2 is 1.83 bits per heavy atom. The second kappa shape index (κ2) is 12.9. The highest BCUT2D eigenvalue weighted by Crippen LogP contribution is 2.52. The Kier molecular flexibility index (Phi) is 8.56. The Bertz CT molecular complexity index is 2010. The molecular formula is C35H34N6O4S2. The molecule has 1 fully saturated rings. The molecule has 0 spiro atoms. The Morgan fingerprint density at radius 1 is 0.979 bits per heavy atom. The van der Waals surface area contributed by atoms with Gasteiger partial charge in [-0.15, -0.1) is 0 Å². The summed E-state index contributed by atoms with van der Waals surface area (Å²) in [5.74, 6) is 0. The predicted molar refractivity (Wildman–Crippen MR) is 185 cm³/mol. The van der Waals surface area contributed by atoms with E-state index >= 15 is 0 Å². The second-order valence-corrected chi connectivity index (χ2v) is 14.4. The fraction of sp³-hybridized carbons (Fsp3) is 0.257. The highest BCUT2D eigenvalue weighted by molar-refractivity contribution is 8.05. The number of hydrogen-bond donors (Lipinski definition) is 2. The van der Waals surface area contributed by atoms with Crippen LogP contribution >= 0.6 is 23.5 Å². The second-order valence-electron chi connectivity index (χ2n) is 12.3. The van der Waals surface area contributed by atoms with E-state index in [0.29, 0.717) is 19.8 Å². The molecule has 3 aromatic heterocycles. The quantitative estimate of drug-likeness (QED) is 0.190. The Morgan fingerprint density at radius 3 is 2.66 bits per heavy atom. The zero-order chi connectivity index (χ0) is 32.5. The first kappa shape index (κ1) is 31.1. The molecule has 5 heterocycles. The summed E-state index contributed by atoms with van der Waals surface area (Å²) in [5.41, 5.74) is 5.69. The third-order valence-corrected chi connectivity index (χ3v) is 10.2. The molecule has 0 aliphatic carbocycles. The van der Waals surface area contributed by atoms with Crippen molar-refractivity contribution in [2.75, 3.05) is 36.5 Å². The maximum absolute atomic E-state index is 12.7. The first-order chi connectivity index (χ1) is 22.7. The lowest BCUT2D eigenvalue weighted by Crippen LogP contribution is -2.36. The number of pyridine rings is 2. The fourth-order valence-corrected chi connectivity index (χ4v) is 7.84. The number of aromatic nitrogens is 4. The van der Waals surface area contributed by atoms with Gasteiger partial charge in [0.05, 0.1) is 25.1 Å². The van der Waals surface area contributed by atoms with Crippen molar-refractivity contribution in [3.8, 4) is 22.4 Å². The number of fused-ring (bicyclic) bond motifs is 2. The predicted octanol–water partition coefficient (Wildman–Crippen LogP) is 7.15. The summed E-state index contributed by atoms with van der Waals surface area (Å²) in [7, 11) is 0. The smallest absolute Gasteiger partial charge is 0.435 e. The Labute approximate surface area is 280 Å². The highest BCUT2D eigenvalue weighted by Gasteiger charge is 2.23. The zero-order valence-electron chi connectivity index (χ0n) is 26.3. The van der Waals surface area contributed by atoms with Gasteiger partial charge < -0.3 is 24.7 Å². The van der Waals surface area contributed by atoms with E-state index in [0.717, 1.165) is 67.1 Å². The monoisotopic (exact) mass is 666 g/mol. The number of hydrogen-bond acceptors (Lipinski definition) is 10. The molecule has 0 unspecified atom stereocenters. The minimum atomic E-state index is -0.603. The third kappa shape index (κ3) is 7.09. The van der Waals surface area contributed by atoms with E-state index in [1.54, 1.807) is 48.2 Å². The van der Waals surface area contributed by atoms with Gasteiger partial charge in [-0.1, -0.05) is 35.7 Å². The van der Waals surface area contributed by atoms with Crippen LogP contribution in [0.5, 0.6) is 0 Å². The Hall–Kier alpha value is -4.52. The van der Waals surface area contributed by atoms with E-state index in [1.165, 1.54) is 9.58 Å². The molecule has 0 atom stereocenters. The van der Waals surface area contributed by atoms with Crippen LogP contribution < -0.4 is 15.8 Å². The van der Waals surface area contributed by atoms with Crippen molar-refractivity contribution in [1.82, 2.24) is 19.7 Å². The van der Waals surface area contributed by atoms with Crippen LogP contribution in [0.2, 0.25) is 0 Å². The third-order valence-electron chi connectivity index (χ3n) is 7.64. The van der Waals surface area contributed by atoms with Crippen LogP contribution in [0.25, 0.3) is 22.4 Å². The largest absolute Gasteiger partial charge is 0.442 e. The van der Waals surface area contributed by atoms with Crippen LogP contribution in [0.3, 0.4) is 0 Å². The van der Waals surface area contributed by atoms with E-state index in [-0.39, 0.29) is 5.56 Å². The van der Waals surface area contributed by atoms with E-state index in [2.05, 4.69) is 61.7 Å². The van der Waals surface area contributed by atoms with Crippen LogP contribution in [0.4, 0.5) is 16.2 Å².